The maximum atomic E-state index is 15.3. The van der Waals surface area contributed by atoms with Crippen LogP contribution in [-0.4, -0.2) is 51.9 Å². The highest BCUT2D eigenvalue weighted by atomic mass is 35.5. The van der Waals surface area contributed by atoms with Crippen LogP contribution in [0.4, 0.5) is 13.2 Å². The number of nitrogens with zero attached hydrogens (tertiary/aromatic N) is 3. The molecule has 4 N–H and O–H groups in total. The van der Waals surface area contributed by atoms with Crippen LogP contribution < -0.4 is 20.5 Å². The number of benzene rings is 2. The molecule has 4 aromatic rings. The van der Waals surface area contributed by atoms with Crippen molar-refractivity contribution in [2.24, 2.45) is 11.7 Å². The Hall–Kier alpha value is -4.36. The molecule has 7 rings (SSSR count). The molecule has 46 heavy (non-hydrogen) atoms. The van der Waals surface area contributed by atoms with Gasteiger partial charge in [0.1, 0.15) is 51.2 Å². The van der Waals surface area contributed by atoms with E-state index in [4.69, 9.17) is 26.8 Å². The van der Waals surface area contributed by atoms with E-state index in [0.29, 0.717) is 36.6 Å². The minimum Gasteiger partial charge on any atom is -0.494 e. The molecular weight excluding hydrogens is 627 g/mol. The standard InChI is InChI=1S/C32H29ClF3N5O5/c1-30(29(37)43)14-46-27-19(30)11-22(39-26(27)18-5-6-20(34)23(33)24(18)35)32(44,17-3-4-17)13-38-28(42)15-9-16-12-41(31(36)7-8-31)40-25(16)21(10-15)45-2/h5-6,9-12,17,44H,3-4,7-8,13-14H2,1-2H3,(H2,37,43)(H,38,42)/t30-,32?/m0/s1. The van der Waals surface area contributed by atoms with Crippen LogP contribution in [0.25, 0.3) is 22.2 Å². The SMILES string of the molecule is COc1cc(C(=O)NCC(O)(c2cc3c(c(-c4ccc(F)c(Cl)c4F)n2)OC[C@]3(C)C(N)=O)C2CC2)cc2cn(C3(F)CC3)nc12. The Bertz CT molecular complexity index is 1960. The lowest BCUT2D eigenvalue weighted by Crippen LogP contribution is -2.44. The molecule has 2 saturated carbocycles. The fourth-order valence-corrected chi connectivity index (χ4v) is 6.11. The van der Waals surface area contributed by atoms with Gasteiger partial charge in [0.05, 0.1) is 19.3 Å². The van der Waals surface area contributed by atoms with Crippen molar-refractivity contribution >= 4 is 34.3 Å². The summed E-state index contributed by atoms with van der Waals surface area (Å²) in [5, 5.41) is 19.0. The molecule has 2 amide bonds. The van der Waals surface area contributed by atoms with E-state index in [9.17, 15) is 23.5 Å². The van der Waals surface area contributed by atoms with Gasteiger partial charge in [-0.3, -0.25) is 9.59 Å². The summed E-state index contributed by atoms with van der Waals surface area (Å²) in [5.74, 6) is -4.91. The largest absolute Gasteiger partial charge is 0.494 e. The molecule has 14 heteroatoms. The van der Waals surface area contributed by atoms with E-state index in [0.717, 1.165) is 12.1 Å². The van der Waals surface area contributed by atoms with Gasteiger partial charge in [-0.05, 0) is 56.0 Å². The zero-order valence-corrected chi connectivity index (χ0v) is 25.6. The van der Waals surface area contributed by atoms with Crippen LogP contribution >= 0.6 is 11.6 Å². The molecule has 2 atom stereocenters. The molecule has 0 spiro atoms. The van der Waals surface area contributed by atoms with Crippen molar-refractivity contribution < 1.29 is 37.3 Å². The Morgan fingerprint density at radius 1 is 1.26 bits per heavy atom. The fraction of sp³-hybridized carbons (Fsp3) is 0.375. The van der Waals surface area contributed by atoms with Gasteiger partial charge in [0.15, 0.2) is 5.82 Å². The minimum absolute atomic E-state index is 0.0360. The average Bonchev–Trinajstić information content (AvgIpc) is 3.96. The number of carbonyl (C=O) groups is 2. The first kappa shape index (κ1) is 30.3. The zero-order chi connectivity index (χ0) is 32.8. The summed E-state index contributed by atoms with van der Waals surface area (Å²) in [6.07, 6.45) is 3.42. The van der Waals surface area contributed by atoms with Gasteiger partial charge in [-0.2, -0.15) is 5.10 Å². The molecule has 3 heterocycles. The molecule has 2 aromatic heterocycles. The second kappa shape index (κ2) is 10.3. The Balaban J connectivity index is 1.27. The number of hydrogen-bond donors (Lipinski definition) is 3. The number of primary amides is 1. The number of aliphatic hydroxyl groups is 1. The van der Waals surface area contributed by atoms with E-state index in [1.54, 1.807) is 13.0 Å². The van der Waals surface area contributed by atoms with Gasteiger partial charge < -0.3 is 25.6 Å². The highest BCUT2D eigenvalue weighted by molar-refractivity contribution is 6.31. The van der Waals surface area contributed by atoms with Gasteiger partial charge in [-0.25, -0.2) is 22.8 Å². The van der Waals surface area contributed by atoms with Crippen LogP contribution in [0.3, 0.4) is 0 Å². The quantitative estimate of drug-likeness (QED) is 0.224. The van der Waals surface area contributed by atoms with Crippen molar-refractivity contribution in [2.75, 3.05) is 20.3 Å². The van der Waals surface area contributed by atoms with Crippen LogP contribution in [0.2, 0.25) is 5.02 Å². The number of alkyl halides is 1. The van der Waals surface area contributed by atoms with Crippen molar-refractivity contribution in [3.05, 3.63) is 70.0 Å². The maximum absolute atomic E-state index is 15.3. The molecule has 1 aliphatic heterocycles. The van der Waals surface area contributed by atoms with Crippen molar-refractivity contribution in [3.8, 4) is 22.8 Å². The normalized spacial score (nSPS) is 20.9. The fourth-order valence-electron chi connectivity index (χ4n) is 5.95. The average molecular weight is 656 g/mol. The van der Waals surface area contributed by atoms with Crippen molar-refractivity contribution in [2.45, 2.75) is 49.4 Å². The van der Waals surface area contributed by atoms with Crippen molar-refractivity contribution in [1.82, 2.24) is 20.1 Å². The van der Waals surface area contributed by atoms with E-state index in [-0.39, 0.29) is 58.6 Å². The third-order valence-electron chi connectivity index (χ3n) is 9.25. The van der Waals surface area contributed by atoms with Crippen LogP contribution in [0, 0.1) is 17.6 Å². The summed E-state index contributed by atoms with van der Waals surface area (Å²) < 4.78 is 56.6. The number of halogens is 4. The van der Waals surface area contributed by atoms with E-state index in [1.165, 1.54) is 30.1 Å². The third kappa shape index (κ3) is 4.66. The highest BCUT2D eigenvalue weighted by Crippen LogP contribution is 2.50. The van der Waals surface area contributed by atoms with Gasteiger partial charge in [-0.15, -0.1) is 0 Å². The molecule has 10 nitrogen and oxygen atoms in total. The topological polar surface area (TPSA) is 142 Å². The number of carbonyl (C=O) groups excluding carboxylic acids is 2. The zero-order valence-electron chi connectivity index (χ0n) is 24.8. The van der Waals surface area contributed by atoms with Gasteiger partial charge >= 0.3 is 0 Å². The van der Waals surface area contributed by atoms with Crippen LogP contribution in [0.15, 0.2) is 36.5 Å². The summed E-state index contributed by atoms with van der Waals surface area (Å²) in [4.78, 5) is 30.7. The molecule has 2 aromatic carbocycles. The Morgan fingerprint density at radius 2 is 2.00 bits per heavy atom. The summed E-state index contributed by atoms with van der Waals surface area (Å²) >= 11 is 5.89. The Labute approximate surface area is 265 Å². The van der Waals surface area contributed by atoms with Crippen LogP contribution in [-0.2, 0) is 21.6 Å². The van der Waals surface area contributed by atoms with Gasteiger partial charge in [0.25, 0.3) is 5.91 Å². The molecule has 240 valence electrons. The number of aromatic nitrogens is 3. The molecule has 1 unspecified atom stereocenters. The van der Waals surface area contributed by atoms with Gasteiger partial charge in [-0.1, -0.05) is 11.6 Å². The Kier molecular flexibility index (Phi) is 6.80. The van der Waals surface area contributed by atoms with Gasteiger partial charge in [0.2, 0.25) is 11.7 Å². The summed E-state index contributed by atoms with van der Waals surface area (Å²) in [6.45, 7) is 1.07. The predicted molar refractivity (Wildman–Crippen MR) is 160 cm³/mol. The number of amides is 2. The van der Waals surface area contributed by atoms with Gasteiger partial charge in [0, 0.05) is 41.1 Å². The molecule has 2 fully saturated rings. The lowest BCUT2D eigenvalue weighted by atomic mass is 9.81. The highest BCUT2D eigenvalue weighted by Gasteiger charge is 2.50. The first-order chi connectivity index (χ1) is 21.8. The summed E-state index contributed by atoms with van der Waals surface area (Å²) in [6, 6.07) is 6.64. The van der Waals surface area contributed by atoms with E-state index in [2.05, 4.69) is 15.4 Å². The number of fused-ring (bicyclic) bond motifs is 2. The smallest absolute Gasteiger partial charge is 0.251 e. The molecule has 2 aliphatic carbocycles. The number of pyridine rings is 1. The minimum atomic E-state index is -1.77. The van der Waals surface area contributed by atoms with Crippen LogP contribution in [0.1, 0.15) is 54.2 Å². The van der Waals surface area contributed by atoms with E-state index < -0.39 is 45.3 Å². The molecule has 0 saturated heterocycles. The third-order valence-corrected chi connectivity index (χ3v) is 9.60. The lowest BCUT2D eigenvalue weighted by Gasteiger charge is -2.30. The molecule has 0 bridgehead atoms. The number of nitrogens with one attached hydrogen (secondary N) is 1. The number of ether oxygens (including phenoxy) is 2. The summed E-state index contributed by atoms with van der Waals surface area (Å²) in [7, 11) is 1.42. The molecule has 0 radical (unpaired) electrons. The monoisotopic (exact) mass is 655 g/mol. The van der Waals surface area contributed by atoms with Crippen molar-refractivity contribution in [3.63, 3.8) is 0 Å². The van der Waals surface area contributed by atoms with E-state index >= 15 is 4.39 Å². The first-order valence-electron chi connectivity index (χ1n) is 14.7. The predicted octanol–water partition coefficient (Wildman–Crippen LogP) is 4.62. The molecule has 3 aliphatic rings. The number of methoxy groups -OCH3 is 1. The van der Waals surface area contributed by atoms with Crippen molar-refractivity contribution in [1.29, 1.82) is 0 Å². The number of nitrogens with two attached hydrogens (primary N) is 1. The first-order valence-corrected chi connectivity index (χ1v) is 15.1. The second-order valence-corrected chi connectivity index (χ2v) is 12.8. The Morgan fingerprint density at radius 3 is 2.65 bits per heavy atom. The molecular formula is C32H29ClF3N5O5. The number of rotatable bonds is 9. The summed E-state index contributed by atoms with van der Waals surface area (Å²) in [5.41, 5.74) is 3.21. The second-order valence-electron chi connectivity index (χ2n) is 12.4. The van der Waals surface area contributed by atoms with E-state index in [1.807, 2.05) is 0 Å². The van der Waals surface area contributed by atoms with Crippen LogP contribution in [0.5, 0.6) is 11.5 Å². The lowest BCUT2D eigenvalue weighted by molar-refractivity contribution is -0.123. The number of hydrogen-bond acceptors (Lipinski definition) is 7. The maximum Gasteiger partial charge on any atom is 0.251 e.